The number of aliphatic hydroxyl groups excluding tert-OH is 1. The Morgan fingerprint density at radius 2 is 1.30 bits per heavy atom. The van der Waals surface area contributed by atoms with Crippen molar-refractivity contribution in [2.45, 2.75) is 43.5 Å². The Hall–Kier alpha value is -5.04. The molecule has 1 saturated heterocycles. The molecule has 6 rings (SSSR count). The topological polar surface area (TPSA) is 120 Å². The van der Waals surface area contributed by atoms with Crippen molar-refractivity contribution in [2.24, 2.45) is 0 Å². The van der Waals surface area contributed by atoms with Crippen molar-refractivity contribution in [3.05, 3.63) is 165 Å². The van der Waals surface area contributed by atoms with E-state index in [1.54, 1.807) is 14.2 Å². The summed E-state index contributed by atoms with van der Waals surface area (Å²) in [7, 11) is 4.65. The number of benzene rings is 4. The molecule has 2 heterocycles. The first-order valence-electron chi connectivity index (χ1n) is 16.2. The van der Waals surface area contributed by atoms with Crippen molar-refractivity contribution in [1.29, 1.82) is 0 Å². The first-order valence-corrected chi connectivity index (χ1v) is 16.2. The molecule has 0 spiro atoms. The Bertz CT molecular complexity index is 1900. The van der Waals surface area contributed by atoms with Crippen LogP contribution in [0.1, 0.15) is 28.5 Å². The van der Waals surface area contributed by atoms with E-state index < -0.39 is 41.4 Å². The van der Waals surface area contributed by atoms with Crippen LogP contribution in [-0.4, -0.2) is 60.5 Å². The summed E-state index contributed by atoms with van der Waals surface area (Å²) in [4.78, 5) is 26.4. The van der Waals surface area contributed by atoms with Crippen molar-refractivity contribution < 1.29 is 33.5 Å². The van der Waals surface area contributed by atoms with Crippen LogP contribution in [0, 0.1) is 0 Å². The quantitative estimate of drug-likeness (QED) is 0.169. The molecule has 0 aliphatic carbocycles. The smallest absolute Gasteiger partial charge is 0.335 e. The summed E-state index contributed by atoms with van der Waals surface area (Å²) in [5.41, 5.74) is 0.990. The normalized spacial score (nSPS) is 19.0. The van der Waals surface area contributed by atoms with Gasteiger partial charge in [-0.05, 0) is 46.5 Å². The first-order chi connectivity index (χ1) is 24.4. The summed E-state index contributed by atoms with van der Waals surface area (Å²) in [6.07, 6.45) is -2.79. The second-order valence-electron chi connectivity index (χ2n) is 11.8. The third kappa shape index (κ3) is 7.00. The zero-order valence-electron chi connectivity index (χ0n) is 28.1. The Morgan fingerprint density at radius 3 is 1.86 bits per heavy atom. The van der Waals surface area contributed by atoms with Gasteiger partial charge in [0.1, 0.15) is 42.1 Å². The molecule has 11 heteroatoms. The lowest BCUT2D eigenvalue weighted by Crippen LogP contribution is -2.44. The molecule has 1 aliphatic rings. The number of rotatable bonds is 14. The summed E-state index contributed by atoms with van der Waals surface area (Å²) in [6.45, 7) is -0.152. The van der Waals surface area contributed by atoms with E-state index in [4.69, 9.17) is 28.4 Å². The zero-order chi connectivity index (χ0) is 35.1. The molecule has 50 heavy (non-hydrogen) atoms. The minimum Gasteiger partial charge on any atom is -0.497 e. The summed E-state index contributed by atoms with van der Waals surface area (Å²) in [5, 5.41) is 11.5. The van der Waals surface area contributed by atoms with Crippen molar-refractivity contribution in [3.8, 4) is 11.5 Å². The molecule has 0 amide bonds. The molecule has 4 aromatic carbocycles. The number of nitrogens with zero attached hydrogens (tertiary/aromatic N) is 2. The molecule has 0 radical (unpaired) electrons. The zero-order valence-corrected chi connectivity index (χ0v) is 28.1. The molecular formula is C39H40N2O9. The summed E-state index contributed by atoms with van der Waals surface area (Å²) in [5.74, 6) is 1.37. The lowest BCUT2D eigenvalue weighted by atomic mass is 9.80. The van der Waals surface area contributed by atoms with Gasteiger partial charge in [0.25, 0.3) is 5.56 Å². The lowest BCUT2D eigenvalue weighted by molar-refractivity contribution is -0.0973. The third-order valence-corrected chi connectivity index (χ3v) is 8.92. The first kappa shape index (κ1) is 34.8. The highest BCUT2D eigenvalue weighted by Gasteiger charge is 2.48. The van der Waals surface area contributed by atoms with Crippen LogP contribution >= 0.6 is 0 Å². The molecule has 11 nitrogen and oxygen atoms in total. The van der Waals surface area contributed by atoms with Gasteiger partial charge in [-0.2, -0.15) is 0 Å². The third-order valence-electron chi connectivity index (χ3n) is 8.92. The van der Waals surface area contributed by atoms with Gasteiger partial charge >= 0.3 is 5.69 Å². The Labute approximate surface area is 289 Å². The minimum atomic E-state index is -1.19. The van der Waals surface area contributed by atoms with E-state index in [9.17, 15) is 14.7 Å². The van der Waals surface area contributed by atoms with E-state index in [0.717, 1.165) is 26.8 Å². The fourth-order valence-electron chi connectivity index (χ4n) is 6.29. The van der Waals surface area contributed by atoms with Crippen molar-refractivity contribution in [3.63, 3.8) is 0 Å². The number of hydrogen-bond acceptors (Lipinski definition) is 9. The molecule has 0 bridgehead atoms. The van der Waals surface area contributed by atoms with Crippen LogP contribution in [0.15, 0.2) is 131 Å². The van der Waals surface area contributed by atoms with Crippen LogP contribution in [0.3, 0.4) is 0 Å². The molecule has 1 fully saturated rings. The van der Waals surface area contributed by atoms with E-state index >= 15 is 0 Å². The van der Waals surface area contributed by atoms with E-state index in [0.29, 0.717) is 11.5 Å². The van der Waals surface area contributed by atoms with Gasteiger partial charge in [0.05, 0.1) is 27.4 Å². The molecule has 1 aromatic heterocycles. The van der Waals surface area contributed by atoms with Crippen LogP contribution in [-0.2, 0) is 37.9 Å². The van der Waals surface area contributed by atoms with Gasteiger partial charge in [0.15, 0.2) is 6.23 Å². The predicted molar refractivity (Wildman–Crippen MR) is 185 cm³/mol. The van der Waals surface area contributed by atoms with Gasteiger partial charge in [-0.1, -0.05) is 84.9 Å². The van der Waals surface area contributed by atoms with E-state index in [2.05, 4.69) is 0 Å². The van der Waals surface area contributed by atoms with Crippen molar-refractivity contribution >= 4 is 0 Å². The molecule has 0 unspecified atom stereocenters. The fraction of sp³-hybridized carbons (Fsp3) is 0.282. The predicted octanol–water partition coefficient (Wildman–Crippen LogP) is 4.48. The standard InChI is InChI=1S/C39H40N2O9/c1-45-31-18-14-29(15-19-31)39(28-12-8-5-9-13-28,30-16-20-32(46-2)21-17-30)49-25-33-35(43)36(47-3)37(50-33)40-23-22-34(42)41(38(40)44)26-48-24-27-10-6-4-7-11-27/h4-23,33,35-37,43H,24-26H2,1-3H3/t33-,35-,36-,37-/m1/s1. The molecule has 1 N–H and O–H groups in total. The van der Waals surface area contributed by atoms with E-state index in [-0.39, 0.29) is 19.9 Å². The van der Waals surface area contributed by atoms with Crippen LogP contribution < -0.4 is 20.7 Å². The SMILES string of the molecule is COc1ccc(C(OC[C@H]2O[C@@H](n3ccc(=O)n(COCc4ccccc4)c3=O)[C@H](OC)[C@@H]2O)(c2ccccc2)c2ccc(OC)cc2)cc1. The second-order valence-corrected chi connectivity index (χ2v) is 11.8. The van der Waals surface area contributed by atoms with Gasteiger partial charge in [-0.3, -0.25) is 9.36 Å². The molecular weight excluding hydrogens is 640 g/mol. The van der Waals surface area contributed by atoms with Crippen LogP contribution in [0.25, 0.3) is 0 Å². The van der Waals surface area contributed by atoms with Gasteiger partial charge in [0, 0.05) is 19.4 Å². The average Bonchev–Trinajstić information content (AvgIpc) is 3.48. The number of ether oxygens (including phenoxy) is 6. The van der Waals surface area contributed by atoms with E-state index in [1.807, 2.05) is 109 Å². The minimum absolute atomic E-state index is 0.0982. The Morgan fingerprint density at radius 1 is 0.740 bits per heavy atom. The van der Waals surface area contributed by atoms with Crippen molar-refractivity contribution in [2.75, 3.05) is 27.9 Å². The monoisotopic (exact) mass is 680 g/mol. The summed E-state index contributed by atoms with van der Waals surface area (Å²) < 4.78 is 37.8. The maximum atomic E-state index is 13.6. The Kier molecular flexibility index (Phi) is 10.9. The molecule has 5 aromatic rings. The summed E-state index contributed by atoms with van der Waals surface area (Å²) in [6, 6.07) is 35.6. The number of methoxy groups -OCH3 is 3. The van der Waals surface area contributed by atoms with Crippen LogP contribution in [0.5, 0.6) is 11.5 Å². The van der Waals surface area contributed by atoms with E-state index in [1.165, 1.54) is 23.9 Å². The summed E-state index contributed by atoms with van der Waals surface area (Å²) >= 11 is 0. The van der Waals surface area contributed by atoms with Crippen LogP contribution in [0.4, 0.5) is 0 Å². The van der Waals surface area contributed by atoms with Crippen molar-refractivity contribution in [1.82, 2.24) is 9.13 Å². The fourth-order valence-corrected chi connectivity index (χ4v) is 6.29. The molecule has 4 atom stereocenters. The highest BCUT2D eigenvalue weighted by molar-refractivity contribution is 5.49. The lowest BCUT2D eigenvalue weighted by Gasteiger charge is -2.37. The number of aromatic nitrogens is 2. The highest BCUT2D eigenvalue weighted by Crippen LogP contribution is 2.43. The Balaban J connectivity index is 1.32. The van der Waals surface area contributed by atoms with Crippen LogP contribution in [0.2, 0.25) is 0 Å². The average molecular weight is 681 g/mol. The van der Waals surface area contributed by atoms with Gasteiger partial charge in [0.2, 0.25) is 0 Å². The number of aliphatic hydroxyl groups is 1. The van der Waals surface area contributed by atoms with Gasteiger partial charge < -0.3 is 33.5 Å². The highest BCUT2D eigenvalue weighted by atomic mass is 16.6. The largest absolute Gasteiger partial charge is 0.497 e. The molecule has 260 valence electrons. The maximum absolute atomic E-state index is 13.6. The van der Waals surface area contributed by atoms with Gasteiger partial charge in [-0.25, -0.2) is 9.36 Å². The molecule has 1 aliphatic heterocycles. The second kappa shape index (κ2) is 15.7. The maximum Gasteiger partial charge on any atom is 0.335 e. The number of hydrogen-bond donors (Lipinski definition) is 1. The molecule has 0 saturated carbocycles. The van der Waals surface area contributed by atoms with Gasteiger partial charge in [-0.15, -0.1) is 0 Å².